The van der Waals surface area contributed by atoms with Gasteiger partial charge in [0.05, 0.1) is 0 Å². The number of thiophene rings is 2. The van der Waals surface area contributed by atoms with Gasteiger partial charge in [0.25, 0.3) is 0 Å². The lowest BCUT2D eigenvalue weighted by atomic mass is 10.0. The second-order valence-electron chi connectivity index (χ2n) is 7.54. The molecule has 0 aliphatic rings. The third-order valence-corrected chi connectivity index (χ3v) is 7.52. The average Bonchev–Trinajstić information content (AvgIpc) is 3.30. The highest BCUT2D eigenvalue weighted by atomic mass is 32.1. The molecule has 0 unspecified atom stereocenters. The van der Waals surface area contributed by atoms with Crippen LogP contribution < -0.4 is 0 Å². The summed E-state index contributed by atoms with van der Waals surface area (Å²) in [5.41, 5.74) is 2.98. The molecule has 5 heteroatoms. The van der Waals surface area contributed by atoms with Crippen LogP contribution in [0.25, 0.3) is 19.8 Å². The van der Waals surface area contributed by atoms with Crippen LogP contribution in [0, 0.1) is 36.2 Å². The second-order valence-corrected chi connectivity index (χ2v) is 9.79. The number of benzene rings is 2. The smallest absolute Gasteiger partial charge is 0.194 e. The number of aryl methyl sites for hydroxylation is 2. The molecule has 31 heavy (non-hydrogen) atoms. The van der Waals surface area contributed by atoms with Crippen molar-refractivity contribution in [3.05, 3.63) is 81.5 Å². The van der Waals surface area contributed by atoms with Crippen molar-refractivity contribution in [1.29, 1.82) is 0 Å². The van der Waals surface area contributed by atoms with Gasteiger partial charge in [-0.05, 0) is 67.3 Å². The molecule has 0 fully saturated rings. The van der Waals surface area contributed by atoms with Gasteiger partial charge in [0.15, 0.2) is 17.5 Å². The number of rotatable bonds is 5. The summed E-state index contributed by atoms with van der Waals surface area (Å²) in [6.45, 7) is 4.18. The molecular formula is C26H21F3S2. The number of hydrogen-bond donors (Lipinski definition) is 0. The van der Waals surface area contributed by atoms with E-state index in [1.165, 1.54) is 38.4 Å². The SMILES string of the molecule is CCCCCc1cc2sc(-c3ccc(C#Cc4cc(F)c(F)c(F)c4)c(C)c3)cc2s1. The number of hydrogen-bond acceptors (Lipinski definition) is 2. The van der Waals surface area contributed by atoms with E-state index in [9.17, 15) is 13.2 Å². The zero-order valence-electron chi connectivity index (χ0n) is 17.3. The maximum Gasteiger partial charge on any atom is 0.194 e. The van der Waals surface area contributed by atoms with Crippen molar-refractivity contribution in [1.82, 2.24) is 0 Å². The Kier molecular flexibility index (Phi) is 6.50. The zero-order chi connectivity index (χ0) is 22.0. The van der Waals surface area contributed by atoms with Crippen LogP contribution >= 0.6 is 22.7 Å². The fraction of sp³-hybridized carbons (Fsp3) is 0.231. The highest BCUT2D eigenvalue weighted by Crippen LogP contribution is 2.39. The first-order chi connectivity index (χ1) is 14.9. The van der Waals surface area contributed by atoms with Gasteiger partial charge in [0, 0.05) is 30.3 Å². The molecule has 158 valence electrons. The van der Waals surface area contributed by atoms with Crippen molar-refractivity contribution in [2.45, 2.75) is 39.5 Å². The van der Waals surface area contributed by atoms with Crippen LogP contribution in [0.2, 0.25) is 0 Å². The van der Waals surface area contributed by atoms with E-state index in [0.717, 1.165) is 35.2 Å². The molecule has 2 heterocycles. The highest BCUT2D eigenvalue weighted by molar-refractivity contribution is 7.29. The van der Waals surface area contributed by atoms with Crippen LogP contribution in [0.4, 0.5) is 13.2 Å². The van der Waals surface area contributed by atoms with E-state index < -0.39 is 17.5 Å². The third-order valence-electron chi connectivity index (χ3n) is 5.12. The molecule has 2 aromatic heterocycles. The highest BCUT2D eigenvalue weighted by Gasteiger charge is 2.11. The Hall–Kier alpha value is -2.55. The molecule has 0 atom stereocenters. The van der Waals surface area contributed by atoms with Crippen LogP contribution in [0.1, 0.15) is 47.8 Å². The first-order valence-electron chi connectivity index (χ1n) is 10.2. The summed E-state index contributed by atoms with van der Waals surface area (Å²) in [6.07, 6.45) is 4.91. The summed E-state index contributed by atoms with van der Waals surface area (Å²) in [4.78, 5) is 2.67. The average molecular weight is 455 g/mol. The lowest BCUT2D eigenvalue weighted by molar-refractivity contribution is 0.446. The number of halogens is 3. The standard InChI is InChI=1S/C26H21F3S2/c1-3-4-5-6-20-14-24-25(30-20)15-23(31-24)19-10-9-18(16(2)11-19)8-7-17-12-21(27)26(29)22(28)13-17/h9-15H,3-6H2,1-2H3. The van der Waals surface area contributed by atoms with Gasteiger partial charge in [0.1, 0.15) is 0 Å². The van der Waals surface area contributed by atoms with Gasteiger partial charge in [0.2, 0.25) is 0 Å². The monoisotopic (exact) mass is 454 g/mol. The van der Waals surface area contributed by atoms with Gasteiger partial charge in [-0.2, -0.15) is 0 Å². The van der Waals surface area contributed by atoms with E-state index >= 15 is 0 Å². The molecule has 0 amide bonds. The minimum absolute atomic E-state index is 0.105. The van der Waals surface area contributed by atoms with Gasteiger partial charge in [-0.25, -0.2) is 13.2 Å². The summed E-state index contributed by atoms with van der Waals surface area (Å²) in [6, 6.07) is 12.4. The third kappa shape index (κ3) is 4.87. The summed E-state index contributed by atoms with van der Waals surface area (Å²) in [7, 11) is 0. The molecule has 0 radical (unpaired) electrons. The molecule has 0 aliphatic heterocycles. The van der Waals surface area contributed by atoms with Gasteiger partial charge < -0.3 is 0 Å². The molecule has 0 nitrogen and oxygen atoms in total. The van der Waals surface area contributed by atoms with Crippen molar-refractivity contribution in [2.24, 2.45) is 0 Å². The molecule has 4 aromatic rings. The van der Waals surface area contributed by atoms with Gasteiger partial charge in [-0.1, -0.05) is 37.7 Å². The molecular weight excluding hydrogens is 433 g/mol. The Balaban J connectivity index is 1.54. The first kappa shape index (κ1) is 21.7. The first-order valence-corrected chi connectivity index (χ1v) is 11.9. The molecule has 4 rings (SSSR count). The summed E-state index contributed by atoms with van der Waals surface area (Å²) in [5.74, 6) is 1.71. The lowest BCUT2D eigenvalue weighted by Crippen LogP contribution is -1.92. The zero-order valence-corrected chi connectivity index (χ0v) is 19.0. The number of fused-ring (bicyclic) bond motifs is 1. The molecule has 0 bridgehead atoms. The fourth-order valence-electron chi connectivity index (χ4n) is 3.42. The van der Waals surface area contributed by atoms with Gasteiger partial charge in [-0.3, -0.25) is 0 Å². The fourth-order valence-corrected chi connectivity index (χ4v) is 5.89. The largest absolute Gasteiger partial charge is 0.204 e. The van der Waals surface area contributed by atoms with Crippen LogP contribution in [0.5, 0.6) is 0 Å². The maximum absolute atomic E-state index is 13.4. The minimum Gasteiger partial charge on any atom is -0.204 e. The molecule has 2 aromatic carbocycles. The predicted octanol–water partition coefficient (Wildman–Crippen LogP) is 8.49. The predicted molar refractivity (Wildman–Crippen MR) is 125 cm³/mol. The Bertz CT molecular complexity index is 1250. The molecule has 0 saturated heterocycles. The van der Waals surface area contributed by atoms with Crippen LogP contribution in [-0.4, -0.2) is 0 Å². The quantitative estimate of drug-likeness (QED) is 0.161. The van der Waals surface area contributed by atoms with E-state index in [0.29, 0.717) is 0 Å². The van der Waals surface area contributed by atoms with Gasteiger partial charge >= 0.3 is 0 Å². The Morgan fingerprint density at radius 1 is 0.839 bits per heavy atom. The maximum atomic E-state index is 13.4. The summed E-state index contributed by atoms with van der Waals surface area (Å²) >= 11 is 3.67. The molecule has 0 saturated carbocycles. The number of unbranched alkanes of at least 4 members (excludes halogenated alkanes) is 2. The van der Waals surface area contributed by atoms with Crippen molar-refractivity contribution >= 4 is 32.1 Å². The Morgan fingerprint density at radius 2 is 1.58 bits per heavy atom. The second kappa shape index (κ2) is 9.30. The van der Waals surface area contributed by atoms with E-state index in [1.807, 2.05) is 30.4 Å². The van der Waals surface area contributed by atoms with Crippen molar-refractivity contribution in [2.75, 3.05) is 0 Å². The van der Waals surface area contributed by atoms with Crippen LogP contribution in [0.15, 0.2) is 42.5 Å². The summed E-state index contributed by atoms with van der Waals surface area (Å²) < 4.78 is 42.5. The van der Waals surface area contributed by atoms with Gasteiger partial charge in [-0.15, -0.1) is 22.7 Å². The Labute approximate surface area is 188 Å². The van der Waals surface area contributed by atoms with Crippen molar-refractivity contribution < 1.29 is 13.2 Å². The topological polar surface area (TPSA) is 0 Å². The van der Waals surface area contributed by atoms with Crippen molar-refractivity contribution in [3.8, 4) is 22.3 Å². The normalized spacial score (nSPS) is 11.0. The molecule has 0 spiro atoms. The molecule has 0 N–H and O–H groups in total. The van der Waals surface area contributed by atoms with Crippen LogP contribution in [-0.2, 0) is 6.42 Å². The van der Waals surface area contributed by atoms with E-state index in [4.69, 9.17) is 0 Å². The van der Waals surface area contributed by atoms with Crippen molar-refractivity contribution in [3.63, 3.8) is 0 Å². The van der Waals surface area contributed by atoms with Crippen LogP contribution in [0.3, 0.4) is 0 Å². The van der Waals surface area contributed by atoms with E-state index in [-0.39, 0.29) is 5.56 Å². The Morgan fingerprint density at radius 3 is 2.26 bits per heavy atom. The van der Waals surface area contributed by atoms with E-state index in [1.54, 1.807) is 11.3 Å². The molecule has 0 aliphatic carbocycles. The van der Waals surface area contributed by atoms with E-state index in [2.05, 4.69) is 37.0 Å². The lowest BCUT2D eigenvalue weighted by Gasteiger charge is -2.03. The minimum atomic E-state index is -1.48. The summed E-state index contributed by atoms with van der Waals surface area (Å²) in [5, 5.41) is 0.